The second-order valence-electron chi connectivity index (χ2n) is 7.31. The van der Waals surface area contributed by atoms with Gasteiger partial charge < -0.3 is 19.4 Å². The third-order valence-corrected chi connectivity index (χ3v) is 5.46. The number of hydrogen-bond donors (Lipinski definition) is 2. The van der Waals surface area contributed by atoms with Gasteiger partial charge in [0.2, 0.25) is 5.91 Å². The molecule has 0 saturated carbocycles. The Morgan fingerprint density at radius 2 is 2.00 bits per heavy atom. The predicted octanol–water partition coefficient (Wildman–Crippen LogP) is 3.28. The number of aromatic hydroxyl groups is 1. The van der Waals surface area contributed by atoms with Crippen molar-refractivity contribution < 1.29 is 14.3 Å². The van der Waals surface area contributed by atoms with Crippen molar-refractivity contribution in [1.29, 1.82) is 0 Å². The second-order valence-corrected chi connectivity index (χ2v) is 7.31. The van der Waals surface area contributed by atoms with Crippen molar-refractivity contribution in [2.75, 3.05) is 0 Å². The number of hydrogen-bond acceptors (Lipinski definition) is 5. The molecule has 0 radical (unpaired) electrons. The van der Waals surface area contributed by atoms with Gasteiger partial charge in [-0.25, -0.2) is 0 Å². The van der Waals surface area contributed by atoms with E-state index in [-0.39, 0.29) is 17.6 Å². The van der Waals surface area contributed by atoms with Gasteiger partial charge in [-0.15, -0.1) is 10.2 Å². The zero-order valence-electron chi connectivity index (χ0n) is 15.7. The average Bonchev–Trinajstić information content (AvgIpc) is 3.36. The number of carbonyl (C=O) groups is 1. The lowest BCUT2D eigenvalue weighted by Gasteiger charge is -2.23. The summed E-state index contributed by atoms with van der Waals surface area (Å²) >= 11 is 0. The molecular formula is C22H20N4O3. The molecular weight excluding hydrogens is 368 g/mol. The van der Waals surface area contributed by atoms with Gasteiger partial charge in [0.05, 0.1) is 12.2 Å². The lowest BCUT2D eigenvalue weighted by atomic mass is 9.98. The Bertz CT molecular complexity index is 1180. The van der Waals surface area contributed by atoms with E-state index in [4.69, 9.17) is 4.42 Å². The van der Waals surface area contributed by atoms with Crippen molar-refractivity contribution >= 4 is 16.9 Å². The van der Waals surface area contributed by atoms with Crippen LogP contribution in [0.3, 0.4) is 0 Å². The summed E-state index contributed by atoms with van der Waals surface area (Å²) in [5, 5.41) is 22.2. The summed E-state index contributed by atoms with van der Waals surface area (Å²) in [6, 6.07) is 14.7. The summed E-state index contributed by atoms with van der Waals surface area (Å²) in [5.41, 5.74) is 2.66. The Morgan fingerprint density at radius 3 is 2.86 bits per heavy atom. The number of carbonyl (C=O) groups excluding carboxylic acids is 1. The molecule has 1 amide bonds. The monoisotopic (exact) mass is 388 g/mol. The Hall–Kier alpha value is -3.61. The van der Waals surface area contributed by atoms with Gasteiger partial charge in [-0.3, -0.25) is 4.79 Å². The van der Waals surface area contributed by atoms with Gasteiger partial charge in [-0.1, -0.05) is 18.2 Å². The summed E-state index contributed by atoms with van der Waals surface area (Å²) in [6.45, 7) is 0.975. The van der Waals surface area contributed by atoms with Crippen LogP contribution in [0.25, 0.3) is 22.4 Å². The normalized spacial score (nSPS) is 15.9. The highest BCUT2D eigenvalue weighted by Crippen LogP contribution is 2.27. The first-order valence-corrected chi connectivity index (χ1v) is 9.63. The first-order chi connectivity index (χ1) is 14.2. The van der Waals surface area contributed by atoms with Crippen molar-refractivity contribution in [2.24, 2.45) is 5.92 Å². The number of nitrogens with one attached hydrogen (secondary N) is 1. The number of aromatic nitrogens is 3. The fourth-order valence-corrected chi connectivity index (χ4v) is 3.86. The Kier molecular flexibility index (Phi) is 4.27. The molecule has 3 heterocycles. The fourth-order valence-electron chi connectivity index (χ4n) is 3.86. The van der Waals surface area contributed by atoms with E-state index in [9.17, 15) is 9.90 Å². The molecule has 7 heteroatoms. The maximum atomic E-state index is 12.8. The van der Waals surface area contributed by atoms with E-state index >= 15 is 0 Å². The SMILES string of the molecule is O=C(NCc1coc2ccccc12)C1CCc2nnc(-c3ccc(O)cc3)n2C1. The van der Waals surface area contributed by atoms with E-state index in [1.54, 1.807) is 30.5 Å². The van der Waals surface area contributed by atoms with E-state index in [2.05, 4.69) is 15.5 Å². The zero-order valence-corrected chi connectivity index (χ0v) is 15.7. The molecule has 4 aromatic rings. The predicted molar refractivity (Wildman–Crippen MR) is 107 cm³/mol. The highest BCUT2D eigenvalue weighted by molar-refractivity contribution is 5.82. The number of aryl methyl sites for hydroxylation is 1. The van der Waals surface area contributed by atoms with Crippen LogP contribution in [0.4, 0.5) is 0 Å². The Labute approximate surface area is 167 Å². The number of rotatable bonds is 4. The standard InChI is InChI=1S/C22H20N4O3/c27-17-8-5-14(6-9-17)21-25-24-20-10-7-15(12-26(20)21)22(28)23-11-16-13-29-19-4-2-1-3-18(16)19/h1-6,8-9,13,15,27H,7,10-12H2,(H,23,28). The maximum Gasteiger partial charge on any atom is 0.225 e. The number of amides is 1. The minimum atomic E-state index is -0.146. The third-order valence-electron chi connectivity index (χ3n) is 5.46. The summed E-state index contributed by atoms with van der Waals surface area (Å²) in [7, 11) is 0. The molecule has 2 aromatic heterocycles. The number of phenols is 1. The van der Waals surface area contributed by atoms with E-state index in [1.165, 1.54) is 0 Å². The van der Waals surface area contributed by atoms with Gasteiger partial charge in [-0.2, -0.15) is 0 Å². The zero-order chi connectivity index (χ0) is 19.8. The van der Waals surface area contributed by atoms with Crippen molar-refractivity contribution in [2.45, 2.75) is 25.9 Å². The molecule has 5 rings (SSSR count). The van der Waals surface area contributed by atoms with Gasteiger partial charge in [0.1, 0.15) is 17.2 Å². The minimum absolute atomic E-state index is 0.0197. The van der Waals surface area contributed by atoms with Crippen LogP contribution in [0.15, 0.2) is 59.2 Å². The molecule has 0 aliphatic carbocycles. The molecule has 2 aromatic carbocycles. The lowest BCUT2D eigenvalue weighted by molar-refractivity contribution is -0.126. The van der Waals surface area contributed by atoms with Crippen molar-refractivity contribution in [3.8, 4) is 17.1 Å². The lowest BCUT2D eigenvalue weighted by Crippen LogP contribution is -2.35. The summed E-state index contributed by atoms with van der Waals surface area (Å²) in [4.78, 5) is 12.8. The number of nitrogens with zero attached hydrogens (tertiary/aromatic N) is 3. The van der Waals surface area contributed by atoms with E-state index in [1.807, 2.05) is 28.8 Å². The number of furan rings is 1. The quantitative estimate of drug-likeness (QED) is 0.560. The summed E-state index contributed by atoms with van der Waals surface area (Å²) in [6.07, 6.45) is 3.15. The van der Waals surface area contributed by atoms with Crippen molar-refractivity contribution in [1.82, 2.24) is 20.1 Å². The number of benzene rings is 2. The molecule has 1 atom stereocenters. The van der Waals surface area contributed by atoms with Gasteiger partial charge >= 0.3 is 0 Å². The van der Waals surface area contributed by atoms with Gasteiger partial charge in [0, 0.05) is 36.0 Å². The number of fused-ring (bicyclic) bond motifs is 2. The molecule has 7 nitrogen and oxygen atoms in total. The van der Waals surface area contributed by atoms with Crippen LogP contribution in [0.1, 0.15) is 17.8 Å². The molecule has 1 aliphatic rings. The molecule has 1 aliphatic heterocycles. The van der Waals surface area contributed by atoms with Gasteiger partial charge in [0.15, 0.2) is 5.82 Å². The smallest absolute Gasteiger partial charge is 0.225 e. The third kappa shape index (κ3) is 3.24. The summed E-state index contributed by atoms with van der Waals surface area (Å²) in [5.74, 6) is 1.69. The topological polar surface area (TPSA) is 93.2 Å². The fraction of sp³-hybridized carbons (Fsp3) is 0.227. The summed E-state index contributed by atoms with van der Waals surface area (Å²) < 4.78 is 7.55. The number of phenolic OH excluding ortho intramolecular Hbond substituents is 1. The van der Waals surface area contributed by atoms with Gasteiger partial charge in [0.25, 0.3) is 0 Å². The molecule has 0 fully saturated rings. The Morgan fingerprint density at radius 1 is 1.17 bits per heavy atom. The van der Waals surface area contributed by atoms with E-state index in [0.29, 0.717) is 19.5 Å². The molecule has 2 N–H and O–H groups in total. The van der Waals surface area contributed by atoms with Crippen LogP contribution in [0.2, 0.25) is 0 Å². The molecule has 0 saturated heterocycles. The Balaban J connectivity index is 1.31. The van der Waals surface area contributed by atoms with Crippen LogP contribution in [-0.2, 0) is 24.3 Å². The first kappa shape index (κ1) is 17.5. The molecule has 1 unspecified atom stereocenters. The second kappa shape index (κ2) is 7.09. The van der Waals surface area contributed by atoms with Crippen LogP contribution in [0.5, 0.6) is 5.75 Å². The van der Waals surface area contributed by atoms with Crippen LogP contribution in [-0.4, -0.2) is 25.8 Å². The largest absolute Gasteiger partial charge is 0.508 e. The molecule has 0 spiro atoms. The maximum absolute atomic E-state index is 12.8. The number of para-hydroxylation sites is 1. The highest BCUT2D eigenvalue weighted by Gasteiger charge is 2.28. The average molecular weight is 388 g/mol. The first-order valence-electron chi connectivity index (χ1n) is 9.63. The van der Waals surface area contributed by atoms with Crippen molar-refractivity contribution in [3.63, 3.8) is 0 Å². The minimum Gasteiger partial charge on any atom is -0.508 e. The molecule has 0 bridgehead atoms. The van der Waals surface area contributed by atoms with E-state index < -0.39 is 0 Å². The van der Waals surface area contributed by atoms with Crippen LogP contribution in [0, 0.1) is 5.92 Å². The van der Waals surface area contributed by atoms with E-state index in [0.717, 1.165) is 40.2 Å². The van der Waals surface area contributed by atoms with Crippen LogP contribution >= 0.6 is 0 Å². The van der Waals surface area contributed by atoms with Crippen molar-refractivity contribution in [3.05, 3.63) is 66.2 Å². The molecule has 29 heavy (non-hydrogen) atoms. The van der Waals surface area contributed by atoms with Crippen LogP contribution < -0.4 is 5.32 Å². The van der Waals surface area contributed by atoms with Gasteiger partial charge in [-0.05, 0) is 36.8 Å². The highest BCUT2D eigenvalue weighted by atomic mass is 16.3. The molecule has 146 valence electrons.